The van der Waals surface area contributed by atoms with Gasteiger partial charge in [-0.25, -0.2) is 13.4 Å². The zero-order chi connectivity index (χ0) is 25.0. The number of carbonyl (C=O) groups excluding carboxylic acids is 1. The number of rotatable bonds is 10. The number of anilines is 1. The summed E-state index contributed by atoms with van der Waals surface area (Å²) in [6.07, 6.45) is 3.54. The van der Waals surface area contributed by atoms with Crippen molar-refractivity contribution in [2.75, 3.05) is 32.1 Å². The maximum atomic E-state index is 13.0. The lowest BCUT2D eigenvalue weighted by Gasteiger charge is -2.15. The quantitative estimate of drug-likeness (QED) is 0.463. The number of amides is 1. The van der Waals surface area contributed by atoms with E-state index in [1.165, 1.54) is 0 Å². The van der Waals surface area contributed by atoms with Crippen LogP contribution in [0.25, 0.3) is 11.0 Å². The molecule has 35 heavy (non-hydrogen) atoms. The molecule has 2 aromatic carbocycles. The Balaban J connectivity index is 1.44. The number of imidazole rings is 1. The predicted octanol–water partition coefficient (Wildman–Crippen LogP) is 3.55. The topological polar surface area (TPSA) is 87.5 Å². The Hall–Kier alpha value is -2.91. The van der Waals surface area contributed by atoms with E-state index in [-0.39, 0.29) is 10.8 Å². The minimum absolute atomic E-state index is 0.0332. The fraction of sp³-hybridized carbons (Fsp3) is 0.462. The number of nitrogens with one attached hydrogen (secondary N) is 1. The molecule has 4 rings (SSSR count). The van der Waals surface area contributed by atoms with E-state index in [9.17, 15) is 13.2 Å². The van der Waals surface area contributed by atoms with Crippen LogP contribution in [0.1, 0.15) is 44.0 Å². The normalized spacial score (nSPS) is 14.5. The van der Waals surface area contributed by atoms with Gasteiger partial charge in [-0.3, -0.25) is 4.79 Å². The van der Waals surface area contributed by atoms with Gasteiger partial charge in [0.2, 0.25) is 15.9 Å². The van der Waals surface area contributed by atoms with Crippen LogP contribution >= 0.6 is 0 Å². The monoisotopic (exact) mass is 497 g/mol. The molecule has 1 amide bonds. The first kappa shape index (κ1) is 25.2. The second-order valence-corrected chi connectivity index (χ2v) is 11.2. The lowest BCUT2D eigenvalue weighted by Crippen LogP contribution is -2.27. The predicted molar refractivity (Wildman–Crippen MR) is 139 cm³/mol. The van der Waals surface area contributed by atoms with Gasteiger partial charge < -0.3 is 14.8 Å². The van der Waals surface area contributed by atoms with Gasteiger partial charge in [-0.2, -0.15) is 4.31 Å². The molecule has 1 N–H and O–H groups in total. The van der Waals surface area contributed by atoms with E-state index in [0.29, 0.717) is 38.0 Å². The number of aromatic nitrogens is 2. The van der Waals surface area contributed by atoms with Gasteiger partial charge in [0.05, 0.1) is 15.9 Å². The molecule has 9 heteroatoms. The van der Waals surface area contributed by atoms with Gasteiger partial charge in [-0.05, 0) is 55.2 Å². The van der Waals surface area contributed by atoms with E-state index < -0.39 is 10.0 Å². The third-order valence-corrected chi connectivity index (χ3v) is 8.36. The maximum absolute atomic E-state index is 13.0. The third kappa shape index (κ3) is 5.67. The van der Waals surface area contributed by atoms with Crippen LogP contribution < -0.4 is 10.2 Å². The van der Waals surface area contributed by atoms with E-state index in [2.05, 4.69) is 16.8 Å². The van der Waals surface area contributed by atoms with Crippen LogP contribution in [-0.4, -0.2) is 55.4 Å². The number of hydrogen-bond donors (Lipinski definition) is 1. The average Bonchev–Trinajstić information content (AvgIpc) is 3.51. The van der Waals surface area contributed by atoms with Gasteiger partial charge in [0.15, 0.2) is 0 Å². The number of hydrogen-bond acceptors (Lipinski definition) is 5. The van der Waals surface area contributed by atoms with Crippen molar-refractivity contribution in [2.45, 2.75) is 57.0 Å². The van der Waals surface area contributed by atoms with Crippen LogP contribution in [0.3, 0.4) is 0 Å². The van der Waals surface area contributed by atoms with Crippen LogP contribution in [0.4, 0.5) is 5.69 Å². The molecule has 1 fully saturated rings. The second-order valence-electron chi connectivity index (χ2n) is 9.28. The molecule has 8 nitrogen and oxygen atoms in total. The van der Waals surface area contributed by atoms with E-state index in [4.69, 9.17) is 4.98 Å². The zero-order valence-electron chi connectivity index (χ0n) is 20.8. The van der Waals surface area contributed by atoms with Gasteiger partial charge in [0, 0.05) is 58.8 Å². The van der Waals surface area contributed by atoms with Crippen molar-refractivity contribution < 1.29 is 13.2 Å². The summed E-state index contributed by atoms with van der Waals surface area (Å²) in [4.78, 5) is 19.6. The summed E-state index contributed by atoms with van der Waals surface area (Å²) in [7, 11) is 0.496. The highest BCUT2D eigenvalue weighted by molar-refractivity contribution is 7.89. The summed E-state index contributed by atoms with van der Waals surface area (Å²) < 4.78 is 29.6. The molecule has 2 heterocycles. The molecule has 0 aliphatic carbocycles. The number of nitrogens with zero attached hydrogens (tertiary/aromatic N) is 4. The molecular weight excluding hydrogens is 462 g/mol. The Morgan fingerprint density at radius 1 is 1.09 bits per heavy atom. The Labute approximate surface area is 208 Å². The van der Waals surface area contributed by atoms with Gasteiger partial charge in [-0.1, -0.05) is 19.1 Å². The highest BCUT2D eigenvalue weighted by Crippen LogP contribution is 2.26. The lowest BCUT2D eigenvalue weighted by molar-refractivity contribution is -0.121. The number of sulfonamides is 1. The van der Waals surface area contributed by atoms with Crippen molar-refractivity contribution in [2.24, 2.45) is 0 Å². The molecular formula is C26H35N5O3S. The first-order valence-electron chi connectivity index (χ1n) is 12.3. The van der Waals surface area contributed by atoms with E-state index in [1.54, 1.807) is 16.4 Å². The molecule has 0 saturated carbocycles. The fourth-order valence-electron chi connectivity index (χ4n) is 4.49. The summed E-state index contributed by atoms with van der Waals surface area (Å²) in [6.45, 7) is 4.49. The highest BCUT2D eigenvalue weighted by atomic mass is 32.2. The smallest absolute Gasteiger partial charge is 0.243 e. The van der Waals surface area contributed by atoms with E-state index in [1.807, 2.05) is 49.3 Å². The molecule has 1 aliphatic heterocycles. The Morgan fingerprint density at radius 3 is 2.46 bits per heavy atom. The maximum Gasteiger partial charge on any atom is 0.243 e. The molecule has 1 aromatic heterocycles. The van der Waals surface area contributed by atoms with Gasteiger partial charge >= 0.3 is 0 Å². The van der Waals surface area contributed by atoms with Gasteiger partial charge in [0.1, 0.15) is 5.82 Å². The molecule has 0 spiro atoms. The molecule has 0 unspecified atom stereocenters. The van der Waals surface area contributed by atoms with Crippen LogP contribution in [0.5, 0.6) is 0 Å². The second kappa shape index (κ2) is 10.8. The largest absolute Gasteiger partial charge is 0.378 e. The summed E-state index contributed by atoms with van der Waals surface area (Å²) in [5.41, 5.74) is 3.74. The molecule has 3 aromatic rings. The summed E-state index contributed by atoms with van der Waals surface area (Å²) >= 11 is 0. The van der Waals surface area contributed by atoms with Gasteiger partial charge in [-0.15, -0.1) is 0 Å². The molecule has 0 radical (unpaired) electrons. The average molecular weight is 498 g/mol. The van der Waals surface area contributed by atoms with Crippen LogP contribution in [0, 0.1) is 0 Å². The van der Waals surface area contributed by atoms with Crippen molar-refractivity contribution >= 4 is 32.7 Å². The number of aryl methyl sites for hydroxylation is 2. The Morgan fingerprint density at radius 2 is 1.80 bits per heavy atom. The number of fused-ring (bicyclic) bond motifs is 1. The number of carbonyl (C=O) groups is 1. The Bertz CT molecular complexity index is 1280. The summed E-state index contributed by atoms with van der Waals surface area (Å²) in [5, 5.41) is 2.99. The van der Waals surface area contributed by atoms with Crippen LogP contribution in [0.2, 0.25) is 0 Å². The molecule has 1 aliphatic rings. The minimum atomic E-state index is -3.50. The van der Waals surface area contributed by atoms with Crippen molar-refractivity contribution in [3.63, 3.8) is 0 Å². The Kier molecular flexibility index (Phi) is 7.76. The van der Waals surface area contributed by atoms with Gasteiger partial charge in [0.25, 0.3) is 0 Å². The van der Waals surface area contributed by atoms with Crippen molar-refractivity contribution in [1.82, 2.24) is 19.2 Å². The molecule has 188 valence electrons. The molecule has 0 bridgehead atoms. The molecule has 1 saturated heterocycles. The zero-order valence-corrected chi connectivity index (χ0v) is 21.6. The fourth-order valence-corrected chi connectivity index (χ4v) is 6.03. The summed E-state index contributed by atoms with van der Waals surface area (Å²) in [6, 6.07) is 13.3. The standard InChI is InChI=1S/C26H35N5O3S/c1-4-15-31-24-12-11-22(35(33,34)30-16-5-6-17-30)18-23(24)28-25(31)13-14-26(32)27-19-20-7-9-21(10-8-20)29(2)3/h7-12,18H,4-6,13-17,19H2,1-3H3,(H,27,32). The van der Waals surface area contributed by atoms with Crippen molar-refractivity contribution in [1.29, 1.82) is 0 Å². The van der Waals surface area contributed by atoms with E-state index in [0.717, 1.165) is 48.4 Å². The van der Waals surface area contributed by atoms with Crippen LogP contribution in [0.15, 0.2) is 47.4 Å². The number of benzene rings is 2. The third-order valence-electron chi connectivity index (χ3n) is 6.47. The highest BCUT2D eigenvalue weighted by Gasteiger charge is 2.27. The lowest BCUT2D eigenvalue weighted by atomic mass is 10.2. The molecule has 0 atom stereocenters. The SMILES string of the molecule is CCCn1c(CCC(=O)NCc2ccc(N(C)C)cc2)nc2cc(S(=O)(=O)N3CCCC3)ccc21. The van der Waals surface area contributed by atoms with Crippen LogP contribution in [-0.2, 0) is 34.3 Å². The first-order valence-corrected chi connectivity index (χ1v) is 13.8. The minimum Gasteiger partial charge on any atom is -0.378 e. The van der Waals surface area contributed by atoms with Crippen molar-refractivity contribution in [3.05, 3.63) is 53.9 Å². The first-order chi connectivity index (χ1) is 16.8. The van der Waals surface area contributed by atoms with E-state index >= 15 is 0 Å². The van der Waals surface area contributed by atoms with Crippen molar-refractivity contribution in [3.8, 4) is 0 Å². The summed E-state index contributed by atoms with van der Waals surface area (Å²) in [5.74, 6) is 0.775.